The number of para-hydroxylation sites is 1. The van der Waals surface area contributed by atoms with Crippen molar-refractivity contribution in [3.8, 4) is 67.5 Å². The molecule has 0 radical (unpaired) electrons. The van der Waals surface area contributed by atoms with Crippen LogP contribution in [0.15, 0.2) is 188 Å². The average molecular weight is 690 g/mol. The molecule has 252 valence electrons. The minimum Gasteiger partial charge on any atom is -0.256 e. The second-order valence-electron chi connectivity index (χ2n) is 13.4. The molecule has 6 aromatic carbocycles. The summed E-state index contributed by atoms with van der Waals surface area (Å²) in [4.78, 5) is 24.7. The molecule has 0 fully saturated rings. The van der Waals surface area contributed by atoms with Crippen molar-refractivity contribution in [2.45, 2.75) is 0 Å². The van der Waals surface area contributed by atoms with Crippen LogP contribution >= 0.6 is 0 Å². The quantitative estimate of drug-likeness (QED) is 0.174. The maximum atomic E-state index is 5.09. The van der Waals surface area contributed by atoms with Crippen molar-refractivity contribution in [1.29, 1.82) is 0 Å². The topological polar surface area (TPSA) is 64.5 Å². The van der Waals surface area contributed by atoms with Gasteiger partial charge in [0.2, 0.25) is 0 Å². The number of rotatable bonds is 6. The standard InChI is InChI=1S/C49H31N5/c1-3-9-32(10-4-1)46-31-47(54-49(53-46)37-11-5-2-6-12-37)34-18-16-33(17-19-34)42-26-24-40-29-38(23-25-43(40)51-42)39-21-20-35-22-27-44(52-45(35)30-39)41-15-7-13-36-14-8-28-50-48(36)41/h1-31H. The van der Waals surface area contributed by atoms with E-state index in [0.717, 1.165) is 94.4 Å². The van der Waals surface area contributed by atoms with Gasteiger partial charge in [0.1, 0.15) is 0 Å². The van der Waals surface area contributed by atoms with Gasteiger partial charge in [-0.25, -0.2) is 19.9 Å². The van der Waals surface area contributed by atoms with E-state index in [9.17, 15) is 0 Å². The molecule has 4 heterocycles. The normalized spacial score (nSPS) is 11.3. The molecule has 0 atom stereocenters. The van der Waals surface area contributed by atoms with Gasteiger partial charge in [-0.1, -0.05) is 140 Å². The first-order valence-electron chi connectivity index (χ1n) is 18.0. The van der Waals surface area contributed by atoms with Crippen LogP contribution in [-0.4, -0.2) is 24.9 Å². The lowest BCUT2D eigenvalue weighted by Gasteiger charge is -2.10. The molecule has 0 bridgehead atoms. The molecule has 0 aliphatic heterocycles. The first kappa shape index (κ1) is 31.4. The Kier molecular flexibility index (Phi) is 7.73. The van der Waals surface area contributed by atoms with Gasteiger partial charge in [0.05, 0.1) is 39.3 Å². The molecule has 5 nitrogen and oxygen atoms in total. The van der Waals surface area contributed by atoms with Crippen molar-refractivity contribution in [2.75, 3.05) is 0 Å². The first-order valence-corrected chi connectivity index (χ1v) is 18.0. The summed E-state index contributed by atoms with van der Waals surface area (Å²) in [5.74, 6) is 0.703. The SMILES string of the molecule is c1ccc(-c2cc(-c3ccc(-c4ccc5cc(-c6ccc7ccc(-c8cccc9cccnc89)nc7c6)ccc5n4)cc3)nc(-c3ccccc3)n2)cc1. The summed E-state index contributed by atoms with van der Waals surface area (Å²) in [5, 5.41) is 3.29. The highest BCUT2D eigenvalue weighted by Gasteiger charge is 2.12. The van der Waals surface area contributed by atoms with E-state index in [1.807, 2.05) is 60.8 Å². The third kappa shape index (κ3) is 5.94. The van der Waals surface area contributed by atoms with Crippen LogP contribution < -0.4 is 0 Å². The Morgan fingerprint density at radius 3 is 1.69 bits per heavy atom. The van der Waals surface area contributed by atoms with E-state index in [1.165, 1.54) is 0 Å². The highest BCUT2D eigenvalue weighted by Crippen LogP contribution is 2.33. The van der Waals surface area contributed by atoms with Crippen LogP contribution in [0.3, 0.4) is 0 Å². The van der Waals surface area contributed by atoms with Crippen molar-refractivity contribution in [2.24, 2.45) is 0 Å². The molecule has 0 aliphatic carbocycles. The lowest BCUT2D eigenvalue weighted by atomic mass is 10.00. The largest absolute Gasteiger partial charge is 0.256 e. The Morgan fingerprint density at radius 2 is 0.889 bits per heavy atom. The van der Waals surface area contributed by atoms with Crippen molar-refractivity contribution < 1.29 is 0 Å². The molecular formula is C49H31N5. The lowest BCUT2D eigenvalue weighted by Crippen LogP contribution is -1.96. The fourth-order valence-corrected chi connectivity index (χ4v) is 7.10. The summed E-state index contributed by atoms with van der Waals surface area (Å²) in [6, 6.07) is 62.6. The van der Waals surface area contributed by atoms with E-state index >= 15 is 0 Å². The third-order valence-corrected chi connectivity index (χ3v) is 9.93. The summed E-state index contributed by atoms with van der Waals surface area (Å²) in [7, 11) is 0. The van der Waals surface area contributed by atoms with E-state index in [-0.39, 0.29) is 0 Å². The maximum Gasteiger partial charge on any atom is 0.160 e. The van der Waals surface area contributed by atoms with Crippen LogP contribution in [0.5, 0.6) is 0 Å². The summed E-state index contributed by atoms with van der Waals surface area (Å²) < 4.78 is 0. The molecule has 5 heteroatoms. The number of hydrogen-bond acceptors (Lipinski definition) is 5. The van der Waals surface area contributed by atoms with Gasteiger partial charge < -0.3 is 0 Å². The van der Waals surface area contributed by atoms with Crippen molar-refractivity contribution in [3.63, 3.8) is 0 Å². The Hall–Kier alpha value is -7.37. The molecule has 0 spiro atoms. The average Bonchev–Trinajstić information content (AvgIpc) is 3.26. The van der Waals surface area contributed by atoms with Gasteiger partial charge in [0, 0.05) is 50.2 Å². The number of pyridine rings is 3. The molecule has 0 amide bonds. The van der Waals surface area contributed by atoms with Gasteiger partial charge >= 0.3 is 0 Å². The zero-order valence-corrected chi connectivity index (χ0v) is 29.1. The number of nitrogens with zero attached hydrogens (tertiary/aromatic N) is 5. The minimum atomic E-state index is 0.703. The molecule has 0 unspecified atom stereocenters. The maximum absolute atomic E-state index is 5.09. The molecule has 0 N–H and O–H groups in total. The molecule has 10 rings (SSSR count). The Bertz CT molecular complexity index is 2920. The monoisotopic (exact) mass is 689 g/mol. The Labute approximate surface area is 312 Å². The highest BCUT2D eigenvalue weighted by atomic mass is 14.9. The van der Waals surface area contributed by atoms with Crippen LogP contribution in [0.1, 0.15) is 0 Å². The fourth-order valence-electron chi connectivity index (χ4n) is 7.10. The molecule has 10 aromatic rings. The van der Waals surface area contributed by atoms with Gasteiger partial charge in [-0.15, -0.1) is 0 Å². The summed E-state index contributed by atoms with van der Waals surface area (Å²) in [6.07, 6.45) is 1.84. The van der Waals surface area contributed by atoms with Gasteiger partial charge in [-0.2, -0.15) is 0 Å². The van der Waals surface area contributed by atoms with Gasteiger partial charge in [0.15, 0.2) is 5.82 Å². The van der Waals surface area contributed by atoms with E-state index in [0.29, 0.717) is 5.82 Å². The second kappa shape index (κ2) is 13.3. The second-order valence-corrected chi connectivity index (χ2v) is 13.4. The van der Waals surface area contributed by atoms with Crippen LogP contribution in [0.4, 0.5) is 0 Å². The number of aromatic nitrogens is 5. The number of benzene rings is 6. The Balaban J connectivity index is 0.945. The van der Waals surface area contributed by atoms with Crippen molar-refractivity contribution >= 4 is 32.7 Å². The fraction of sp³-hybridized carbons (Fsp3) is 0. The molecular weight excluding hydrogens is 659 g/mol. The predicted octanol–water partition coefficient (Wildman–Crippen LogP) is 12.1. The predicted molar refractivity (Wildman–Crippen MR) is 221 cm³/mol. The minimum absolute atomic E-state index is 0.703. The van der Waals surface area contributed by atoms with Crippen molar-refractivity contribution in [3.05, 3.63) is 188 Å². The van der Waals surface area contributed by atoms with E-state index < -0.39 is 0 Å². The van der Waals surface area contributed by atoms with Gasteiger partial charge in [0.25, 0.3) is 0 Å². The molecule has 54 heavy (non-hydrogen) atoms. The van der Waals surface area contributed by atoms with Crippen LogP contribution in [-0.2, 0) is 0 Å². The first-order chi connectivity index (χ1) is 26.7. The van der Waals surface area contributed by atoms with Crippen molar-refractivity contribution in [1.82, 2.24) is 24.9 Å². The number of hydrogen-bond donors (Lipinski definition) is 0. The van der Waals surface area contributed by atoms with Crippen LogP contribution in [0, 0.1) is 0 Å². The van der Waals surface area contributed by atoms with Gasteiger partial charge in [-0.05, 0) is 53.6 Å². The van der Waals surface area contributed by atoms with E-state index in [1.54, 1.807) is 0 Å². The van der Waals surface area contributed by atoms with Crippen LogP contribution in [0.2, 0.25) is 0 Å². The molecule has 0 aliphatic rings. The van der Waals surface area contributed by atoms with E-state index in [4.69, 9.17) is 19.9 Å². The summed E-state index contributed by atoms with van der Waals surface area (Å²) in [5.41, 5.74) is 13.8. The smallest absolute Gasteiger partial charge is 0.160 e. The van der Waals surface area contributed by atoms with E-state index in [2.05, 4.69) is 132 Å². The molecule has 4 aromatic heterocycles. The Morgan fingerprint density at radius 1 is 0.296 bits per heavy atom. The van der Waals surface area contributed by atoms with Gasteiger partial charge in [-0.3, -0.25) is 4.98 Å². The molecule has 0 saturated heterocycles. The number of fused-ring (bicyclic) bond motifs is 3. The highest BCUT2D eigenvalue weighted by molar-refractivity contribution is 5.95. The summed E-state index contributed by atoms with van der Waals surface area (Å²) in [6.45, 7) is 0. The lowest BCUT2D eigenvalue weighted by molar-refractivity contribution is 1.18. The third-order valence-electron chi connectivity index (χ3n) is 9.93. The zero-order valence-electron chi connectivity index (χ0n) is 29.1. The summed E-state index contributed by atoms with van der Waals surface area (Å²) >= 11 is 0. The zero-order chi connectivity index (χ0) is 35.8. The van der Waals surface area contributed by atoms with Crippen LogP contribution in [0.25, 0.3) is 100 Å². The molecule has 0 saturated carbocycles.